The number of fused-ring (bicyclic) bond motifs is 1. The van der Waals surface area contributed by atoms with Crippen LogP contribution >= 0.6 is 0 Å². The minimum absolute atomic E-state index is 0.191. The number of hydrogen-bond acceptors (Lipinski definition) is 3. The fraction of sp³-hybridized carbons (Fsp3) is 0.200. The van der Waals surface area contributed by atoms with Gasteiger partial charge in [-0.05, 0) is 61.7 Å². The quantitative estimate of drug-likeness (QED) is 0.428. The monoisotopic (exact) mass is 402 g/mol. The Morgan fingerprint density at radius 2 is 1.67 bits per heavy atom. The molecule has 0 saturated carbocycles. The fourth-order valence-corrected chi connectivity index (χ4v) is 3.42. The normalized spacial score (nSPS) is 11.1. The standard InChI is InChI=1S/C25H23FN2O2/c1-16-4-8-19(9-5-16)14-28(25(29)21-13-20(26)10-7-18(21)3)15-24-27-22-12-17(2)6-11-23(22)30-24/h4-13H,14-15H2,1-3H3. The zero-order valence-corrected chi connectivity index (χ0v) is 17.3. The number of amides is 1. The molecule has 0 bridgehead atoms. The van der Waals surface area contributed by atoms with Crippen LogP contribution in [0.3, 0.4) is 0 Å². The van der Waals surface area contributed by atoms with E-state index in [9.17, 15) is 9.18 Å². The molecule has 0 spiro atoms. The van der Waals surface area contributed by atoms with Gasteiger partial charge in [0.05, 0.1) is 6.54 Å². The van der Waals surface area contributed by atoms with Crippen molar-refractivity contribution in [2.24, 2.45) is 0 Å². The molecule has 4 rings (SSSR count). The van der Waals surface area contributed by atoms with Gasteiger partial charge in [-0.15, -0.1) is 0 Å². The smallest absolute Gasteiger partial charge is 0.254 e. The highest BCUT2D eigenvalue weighted by Gasteiger charge is 2.21. The average molecular weight is 402 g/mol. The first-order valence-corrected chi connectivity index (χ1v) is 9.86. The third kappa shape index (κ3) is 4.25. The highest BCUT2D eigenvalue weighted by molar-refractivity contribution is 5.95. The van der Waals surface area contributed by atoms with E-state index in [1.807, 2.05) is 56.3 Å². The van der Waals surface area contributed by atoms with Gasteiger partial charge < -0.3 is 9.32 Å². The number of aromatic nitrogens is 1. The Morgan fingerprint density at radius 1 is 0.933 bits per heavy atom. The largest absolute Gasteiger partial charge is 0.439 e. The number of carbonyl (C=O) groups excluding carboxylic acids is 1. The van der Waals surface area contributed by atoms with E-state index >= 15 is 0 Å². The molecule has 4 nitrogen and oxygen atoms in total. The number of nitrogens with zero attached hydrogens (tertiary/aromatic N) is 2. The van der Waals surface area contributed by atoms with Crippen LogP contribution in [0.15, 0.2) is 65.1 Å². The second-order valence-corrected chi connectivity index (χ2v) is 7.68. The van der Waals surface area contributed by atoms with Crippen molar-refractivity contribution in [2.45, 2.75) is 33.9 Å². The summed E-state index contributed by atoms with van der Waals surface area (Å²) in [4.78, 5) is 19.5. The lowest BCUT2D eigenvalue weighted by Gasteiger charge is -2.22. The Balaban J connectivity index is 1.69. The zero-order valence-electron chi connectivity index (χ0n) is 17.3. The average Bonchev–Trinajstić information content (AvgIpc) is 3.12. The molecule has 3 aromatic carbocycles. The molecule has 0 atom stereocenters. The van der Waals surface area contributed by atoms with Gasteiger partial charge in [0.1, 0.15) is 11.3 Å². The first kappa shape index (κ1) is 19.8. The lowest BCUT2D eigenvalue weighted by Crippen LogP contribution is -2.31. The van der Waals surface area contributed by atoms with Gasteiger partial charge in [0.25, 0.3) is 5.91 Å². The van der Waals surface area contributed by atoms with Crippen molar-refractivity contribution >= 4 is 17.0 Å². The van der Waals surface area contributed by atoms with Crippen LogP contribution < -0.4 is 0 Å². The number of benzene rings is 3. The van der Waals surface area contributed by atoms with Crippen molar-refractivity contribution in [2.75, 3.05) is 0 Å². The number of carbonyl (C=O) groups is 1. The van der Waals surface area contributed by atoms with Gasteiger partial charge in [0, 0.05) is 12.1 Å². The molecule has 0 aliphatic rings. The van der Waals surface area contributed by atoms with Crippen LogP contribution in [0.1, 0.15) is 38.5 Å². The van der Waals surface area contributed by atoms with E-state index in [0.717, 1.165) is 27.8 Å². The Bertz CT molecular complexity index is 1210. The van der Waals surface area contributed by atoms with E-state index in [2.05, 4.69) is 4.98 Å². The second-order valence-electron chi connectivity index (χ2n) is 7.68. The van der Waals surface area contributed by atoms with E-state index in [1.54, 1.807) is 17.9 Å². The van der Waals surface area contributed by atoms with Crippen LogP contribution in [-0.2, 0) is 13.1 Å². The summed E-state index contributed by atoms with van der Waals surface area (Å²) in [5.74, 6) is -0.243. The summed E-state index contributed by atoms with van der Waals surface area (Å²) in [7, 11) is 0. The summed E-state index contributed by atoms with van der Waals surface area (Å²) in [5.41, 5.74) is 5.72. The number of rotatable bonds is 5. The maximum atomic E-state index is 13.8. The summed E-state index contributed by atoms with van der Waals surface area (Å²) >= 11 is 0. The maximum Gasteiger partial charge on any atom is 0.254 e. The number of halogens is 1. The summed E-state index contributed by atoms with van der Waals surface area (Å²) in [6, 6.07) is 18.1. The van der Waals surface area contributed by atoms with Gasteiger partial charge in [-0.1, -0.05) is 42.0 Å². The van der Waals surface area contributed by atoms with E-state index in [-0.39, 0.29) is 12.5 Å². The lowest BCUT2D eigenvalue weighted by atomic mass is 10.1. The molecule has 1 amide bonds. The highest BCUT2D eigenvalue weighted by atomic mass is 19.1. The van der Waals surface area contributed by atoms with Gasteiger partial charge in [-0.3, -0.25) is 4.79 Å². The van der Waals surface area contributed by atoms with Gasteiger partial charge in [0.2, 0.25) is 5.89 Å². The predicted molar refractivity (Wildman–Crippen MR) is 115 cm³/mol. The minimum Gasteiger partial charge on any atom is -0.439 e. The van der Waals surface area contributed by atoms with Crippen LogP contribution in [-0.4, -0.2) is 15.8 Å². The van der Waals surface area contributed by atoms with Gasteiger partial charge in [0.15, 0.2) is 5.58 Å². The SMILES string of the molecule is Cc1ccc(CN(Cc2nc3cc(C)ccc3o2)C(=O)c2cc(F)ccc2C)cc1. The molecule has 5 heteroatoms. The molecule has 4 aromatic rings. The first-order chi connectivity index (χ1) is 14.4. The molecule has 0 unspecified atom stereocenters. The molecule has 0 aliphatic carbocycles. The van der Waals surface area contributed by atoms with E-state index in [4.69, 9.17) is 4.42 Å². The van der Waals surface area contributed by atoms with Crippen molar-refractivity contribution in [3.8, 4) is 0 Å². The molecule has 152 valence electrons. The molecule has 0 aliphatic heterocycles. The molecule has 0 fully saturated rings. The number of aryl methyl sites for hydroxylation is 3. The van der Waals surface area contributed by atoms with Gasteiger partial charge in [-0.25, -0.2) is 9.37 Å². The van der Waals surface area contributed by atoms with Crippen molar-refractivity contribution < 1.29 is 13.6 Å². The third-order valence-corrected chi connectivity index (χ3v) is 5.12. The summed E-state index contributed by atoms with van der Waals surface area (Å²) in [6.45, 7) is 6.37. The Hall–Kier alpha value is -3.47. The van der Waals surface area contributed by atoms with Crippen LogP contribution in [0.4, 0.5) is 4.39 Å². The second kappa shape index (κ2) is 8.11. The zero-order chi connectivity index (χ0) is 21.3. The topological polar surface area (TPSA) is 46.3 Å². The van der Waals surface area contributed by atoms with E-state index < -0.39 is 5.82 Å². The fourth-order valence-electron chi connectivity index (χ4n) is 3.42. The molecule has 1 aromatic heterocycles. The Kier molecular flexibility index (Phi) is 5.36. The highest BCUT2D eigenvalue weighted by Crippen LogP contribution is 2.21. The van der Waals surface area contributed by atoms with Crippen molar-refractivity contribution in [3.05, 3.63) is 100 Å². The molecule has 1 heterocycles. The minimum atomic E-state index is -0.434. The number of oxazole rings is 1. The molecule has 30 heavy (non-hydrogen) atoms. The van der Waals surface area contributed by atoms with Crippen molar-refractivity contribution in [1.29, 1.82) is 0 Å². The molecule has 0 N–H and O–H groups in total. The van der Waals surface area contributed by atoms with Crippen LogP contribution in [0, 0.1) is 26.6 Å². The number of hydrogen-bond donors (Lipinski definition) is 0. The molecular weight excluding hydrogens is 379 g/mol. The Morgan fingerprint density at radius 3 is 2.43 bits per heavy atom. The van der Waals surface area contributed by atoms with Crippen LogP contribution in [0.5, 0.6) is 0 Å². The van der Waals surface area contributed by atoms with Gasteiger partial charge >= 0.3 is 0 Å². The molecular formula is C25H23FN2O2. The van der Waals surface area contributed by atoms with E-state index in [0.29, 0.717) is 23.6 Å². The lowest BCUT2D eigenvalue weighted by molar-refractivity contribution is 0.0714. The van der Waals surface area contributed by atoms with Crippen molar-refractivity contribution in [1.82, 2.24) is 9.88 Å². The maximum absolute atomic E-state index is 13.8. The summed E-state index contributed by atoms with van der Waals surface area (Å²) in [6.07, 6.45) is 0. The molecule has 0 radical (unpaired) electrons. The molecule has 0 saturated heterocycles. The summed E-state index contributed by atoms with van der Waals surface area (Å²) in [5, 5.41) is 0. The Labute approximate surface area is 175 Å². The first-order valence-electron chi connectivity index (χ1n) is 9.86. The summed E-state index contributed by atoms with van der Waals surface area (Å²) < 4.78 is 19.7. The van der Waals surface area contributed by atoms with E-state index in [1.165, 1.54) is 12.1 Å². The van der Waals surface area contributed by atoms with Crippen molar-refractivity contribution in [3.63, 3.8) is 0 Å². The van der Waals surface area contributed by atoms with Crippen LogP contribution in [0.25, 0.3) is 11.1 Å². The van der Waals surface area contributed by atoms with Crippen LogP contribution in [0.2, 0.25) is 0 Å². The third-order valence-electron chi connectivity index (χ3n) is 5.12. The predicted octanol–water partition coefficient (Wildman–Crippen LogP) is 5.73. The van der Waals surface area contributed by atoms with Gasteiger partial charge in [-0.2, -0.15) is 0 Å².